The molecule has 0 fully saturated rings. The Morgan fingerprint density at radius 3 is 2.08 bits per heavy atom. The molecule has 0 aromatic heterocycles. The molecular formula is C28H39Cl2N3O4S. The van der Waals surface area contributed by atoms with Crippen molar-refractivity contribution in [3.05, 3.63) is 63.6 Å². The minimum atomic E-state index is -3.82. The Morgan fingerprint density at radius 1 is 1.00 bits per heavy atom. The molecule has 0 radical (unpaired) electrons. The number of benzene rings is 2. The van der Waals surface area contributed by atoms with Gasteiger partial charge in [-0.1, -0.05) is 76.0 Å². The van der Waals surface area contributed by atoms with Gasteiger partial charge >= 0.3 is 0 Å². The van der Waals surface area contributed by atoms with Gasteiger partial charge in [0.15, 0.2) is 0 Å². The van der Waals surface area contributed by atoms with Crippen molar-refractivity contribution in [1.29, 1.82) is 0 Å². The Labute approximate surface area is 237 Å². The van der Waals surface area contributed by atoms with Crippen molar-refractivity contribution in [3.8, 4) is 0 Å². The van der Waals surface area contributed by atoms with Gasteiger partial charge in [0.1, 0.15) is 12.6 Å². The number of nitrogens with one attached hydrogen (secondary N) is 1. The van der Waals surface area contributed by atoms with Crippen molar-refractivity contribution < 1.29 is 18.0 Å². The van der Waals surface area contributed by atoms with Crippen molar-refractivity contribution in [2.75, 3.05) is 17.1 Å². The number of anilines is 1. The molecular weight excluding hydrogens is 545 g/mol. The average Bonchev–Trinajstić information content (AvgIpc) is 2.82. The summed E-state index contributed by atoms with van der Waals surface area (Å²) < 4.78 is 26.7. The van der Waals surface area contributed by atoms with Gasteiger partial charge in [0.2, 0.25) is 21.8 Å². The molecule has 1 N–H and O–H groups in total. The topological polar surface area (TPSA) is 86.8 Å². The molecule has 2 atom stereocenters. The fourth-order valence-corrected chi connectivity index (χ4v) is 5.25. The van der Waals surface area contributed by atoms with E-state index in [1.807, 2.05) is 32.9 Å². The van der Waals surface area contributed by atoms with E-state index in [0.717, 1.165) is 22.5 Å². The van der Waals surface area contributed by atoms with E-state index < -0.39 is 28.5 Å². The van der Waals surface area contributed by atoms with Gasteiger partial charge in [0.05, 0.1) is 11.9 Å². The molecule has 2 aromatic carbocycles. The van der Waals surface area contributed by atoms with Crippen LogP contribution in [0, 0.1) is 0 Å². The zero-order chi connectivity index (χ0) is 28.8. The fraction of sp³-hybridized carbons (Fsp3) is 0.500. The molecule has 38 heavy (non-hydrogen) atoms. The Kier molecular flexibility index (Phi) is 11.1. The summed E-state index contributed by atoms with van der Waals surface area (Å²) in [7, 11) is -3.82. The minimum Gasteiger partial charge on any atom is -0.352 e. The van der Waals surface area contributed by atoms with Crippen molar-refractivity contribution in [2.45, 2.75) is 78.4 Å². The summed E-state index contributed by atoms with van der Waals surface area (Å²) in [6.07, 6.45) is 2.12. The number of carbonyl (C=O) groups is 2. The number of halogens is 2. The normalized spacial score (nSPS) is 13.5. The monoisotopic (exact) mass is 583 g/mol. The third-order valence-electron chi connectivity index (χ3n) is 6.44. The molecule has 0 aliphatic rings. The standard InChI is InChI=1S/C28H39Cl2N3O4S/c1-8-19(3)31-27(35)25(9-2)32(17-20-10-13-22(29)16-24(20)30)26(34)18-33(38(7,36)37)23-14-11-21(12-15-23)28(4,5)6/h10-16,19,25H,8-9,17-18H2,1-7H3,(H,31,35)/t19-,25-/m0/s1. The molecule has 2 aromatic rings. The van der Waals surface area contributed by atoms with E-state index in [9.17, 15) is 18.0 Å². The summed E-state index contributed by atoms with van der Waals surface area (Å²) in [5, 5.41) is 3.74. The highest BCUT2D eigenvalue weighted by atomic mass is 35.5. The summed E-state index contributed by atoms with van der Waals surface area (Å²) >= 11 is 12.5. The van der Waals surface area contributed by atoms with Gasteiger partial charge in [-0.15, -0.1) is 0 Å². The number of sulfonamides is 1. The van der Waals surface area contributed by atoms with E-state index in [1.165, 1.54) is 4.90 Å². The SMILES string of the molecule is CC[C@H](C)NC(=O)[C@H](CC)N(Cc1ccc(Cl)cc1Cl)C(=O)CN(c1ccc(C(C)(C)C)cc1)S(C)(=O)=O. The van der Waals surface area contributed by atoms with Crippen LogP contribution in [0.3, 0.4) is 0 Å². The van der Waals surface area contributed by atoms with Crippen molar-refractivity contribution in [3.63, 3.8) is 0 Å². The van der Waals surface area contributed by atoms with Gasteiger partial charge in [0, 0.05) is 22.6 Å². The lowest BCUT2D eigenvalue weighted by atomic mass is 9.87. The van der Waals surface area contributed by atoms with Crippen LogP contribution < -0.4 is 9.62 Å². The summed E-state index contributed by atoms with van der Waals surface area (Å²) in [4.78, 5) is 28.4. The highest BCUT2D eigenvalue weighted by molar-refractivity contribution is 7.92. The molecule has 0 unspecified atom stereocenters. The second kappa shape index (κ2) is 13.2. The van der Waals surface area contributed by atoms with E-state index >= 15 is 0 Å². The Morgan fingerprint density at radius 2 is 1.61 bits per heavy atom. The maximum atomic E-state index is 13.8. The van der Waals surface area contributed by atoms with Crippen LogP contribution in [0.1, 0.15) is 65.5 Å². The molecule has 210 valence electrons. The number of hydrogen-bond acceptors (Lipinski definition) is 4. The maximum absolute atomic E-state index is 13.8. The average molecular weight is 585 g/mol. The minimum absolute atomic E-state index is 0.0157. The lowest BCUT2D eigenvalue weighted by Gasteiger charge is -2.33. The number of nitrogens with zero attached hydrogens (tertiary/aromatic N) is 2. The first-order valence-electron chi connectivity index (χ1n) is 12.7. The molecule has 2 amide bonds. The number of amides is 2. The third-order valence-corrected chi connectivity index (χ3v) is 8.17. The molecule has 0 heterocycles. The highest BCUT2D eigenvalue weighted by Crippen LogP contribution is 2.27. The van der Waals surface area contributed by atoms with Gasteiger partial charge < -0.3 is 10.2 Å². The summed E-state index contributed by atoms with van der Waals surface area (Å²) in [6, 6.07) is 11.1. The van der Waals surface area contributed by atoms with Crippen LogP contribution >= 0.6 is 23.2 Å². The molecule has 0 aliphatic carbocycles. The molecule has 0 aliphatic heterocycles. The quantitative estimate of drug-likeness (QED) is 0.363. The summed E-state index contributed by atoms with van der Waals surface area (Å²) in [5.74, 6) is -0.826. The largest absolute Gasteiger partial charge is 0.352 e. The van der Waals surface area contributed by atoms with Gasteiger partial charge in [-0.05, 0) is 60.6 Å². The zero-order valence-corrected chi connectivity index (χ0v) is 25.5. The molecule has 0 spiro atoms. The Bertz CT molecular complexity index is 1230. The number of hydrogen-bond donors (Lipinski definition) is 1. The predicted octanol–water partition coefficient (Wildman–Crippen LogP) is 5.78. The lowest BCUT2D eigenvalue weighted by molar-refractivity contribution is -0.140. The van der Waals surface area contributed by atoms with Crippen LogP contribution in [0.4, 0.5) is 5.69 Å². The predicted molar refractivity (Wildman–Crippen MR) is 156 cm³/mol. The fourth-order valence-electron chi connectivity index (χ4n) is 3.94. The van der Waals surface area contributed by atoms with Gasteiger partial charge in [-0.2, -0.15) is 0 Å². The molecule has 10 heteroatoms. The molecule has 0 bridgehead atoms. The third kappa shape index (κ3) is 8.61. The van der Waals surface area contributed by atoms with Crippen LogP contribution in [-0.2, 0) is 31.6 Å². The molecule has 7 nitrogen and oxygen atoms in total. The van der Waals surface area contributed by atoms with Crippen LogP contribution in [-0.4, -0.2) is 50.0 Å². The zero-order valence-electron chi connectivity index (χ0n) is 23.2. The highest BCUT2D eigenvalue weighted by Gasteiger charge is 2.32. The van der Waals surface area contributed by atoms with Crippen molar-refractivity contribution in [2.24, 2.45) is 0 Å². The van der Waals surface area contributed by atoms with E-state index in [-0.39, 0.29) is 23.9 Å². The Hall–Kier alpha value is -2.29. The number of carbonyl (C=O) groups excluding carboxylic acids is 2. The first-order chi connectivity index (χ1) is 17.6. The Balaban J connectivity index is 2.49. The molecule has 0 saturated heterocycles. The van der Waals surface area contributed by atoms with E-state index in [2.05, 4.69) is 26.1 Å². The lowest BCUT2D eigenvalue weighted by Crippen LogP contribution is -2.53. The van der Waals surface area contributed by atoms with E-state index in [0.29, 0.717) is 27.7 Å². The number of rotatable bonds is 11. The smallest absolute Gasteiger partial charge is 0.244 e. The maximum Gasteiger partial charge on any atom is 0.244 e. The van der Waals surface area contributed by atoms with Crippen LogP contribution in [0.5, 0.6) is 0 Å². The van der Waals surface area contributed by atoms with Gasteiger partial charge in [-0.25, -0.2) is 8.42 Å². The second-order valence-electron chi connectivity index (χ2n) is 10.6. The first-order valence-corrected chi connectivity index (χ1v) is 15.3. The van der Waals surface area contributed by atoms with Gasteiger partial charge in [-0.3, -0.25) is 13.9 Å². The van der Waals surface area contributed by atoms with Crippen molar-refractivity contribution >= 4 is 50.7 Å². The van der Waals surface area contributed by atoms with Crippen LogP contribution in [0.25, 0.3) is 0 Å². The first kappa shape index (κ1) is 31.9. The summed E-state index contributed by atoms with van der Waals surface area (Å²) in [5.41, 5.74) is 1.89. The van der Waals surface area contributed by atoms with Crippen LogP contribution in [0.15, 0.2) is 42.5 Å². The van der Waals surface area contributed by atoms with E-state index in [4.69, 9.17) is 23.2 Å². The second-order valence-corrected chi connectivity index (χ2v) is 13.3. The van der Waals surface area contributed by atoms with Crippen molar-refractivity contribution in [1.82, 2.24) is 10.2 Å². The van der Waals surface area contributed by atoms with Gasteiger partial charge in [0.25, 0.3) is 0 Å². The molecule has 2 rings (SSSR count). The van der Waals surface area contributed by atoms with Crippen LogP contribution in [0.2, 0.25) is 10.0 Å². The molecule has 0 saturated carbocycles. The summed E-state index contributed by atoms with van der Waals surface area (Å²) in [6.45, 7) is 11.4. The van der Waals surface area contributed by atoms with E-state index in [1.54, 1.807) is 30.3 Å².